The third-order valence-corrected chi connectivity index (χ3v) is 2.84. The normalized spacial score (nSPS) is 10.7. The van der Waals surface area contributed by atoms with Crippen LogP contribution in [0.2, 0.25) is 0 Å². The molecule has 21 heavy (non-hydrogen) atoms. The van der Waals surface area contributed by atoms with E-state index in [-0.39, 0.29) is 24.3 Å². The molecule has 1 aromatic carbocycles. The van der Waals surface area contributed by atoms with Gasteiger partial charge in [0.05, 0.1) is 17.7 Å². The summed E-state index contributed by atoms with van der Waals surface area (Å²) in [6, 6.07) is 3.28. The van der Waals surface area contributed by atoms with Gasteiger partial charge in [0, 0.05) is 6.54 Å². The van der Waals surface area contributed by atoms with E-state index < -0.39 is 24.9 Å². The molecule has 116 valence electrons. The van der Waals surface area contributed by atoms with E-state index in [1.807, 2.05) is 0 Å². The summed E-state index contributed by atoms with van der Waals surface area (Å²) in [5.74, 6) is -1.75. The van der Waals surface area contributed by atoms with Crippen LogP contribution >= 0.6 is 0 Å². The second-order valence-corrected chi connectivity index (χ2v) is 4.48. The Kier molecular flexibility index (Phi) is 6.23. The molecule has 0 saturated carbocycles. The van der Waals surface area contributed by atoms with E-state index in [4.69, 9.17) is 0 Å². The van der Waals surface area contributed by atoms with Crippen LogP contribution in [0.25, 0.3) is 0 Å². The van der Waals surface area contributed by atoms with Crippen molar-refractivity contribution in [3.8, 4) is 0 Å². The summed E-state index contributed by atoms with van der Waals surface area (Å²) in [5.41, 5.74) is 1.04. The lowest BCUT2D eigenvalue weighted by atomic mass is 9.96. The van der Waals surface area contributed by atoms with Gasteiger partial charge >= 0.3 is 5.97 Å². The number of carbonyl (C=O) groups excluding carboxylic acids is 1. The van der Waals surface area contributed by atoms with Crippen molar-refractivity contribution in [1.29, 1.82) is 0 Å². The number of amides is 1. The number of nitrogens with one attached hydrogen (secondary N) is 1. The standard InChI is InChI=1S/C14H17F2NO4/c1-8-3-4-9(2)12(14(19)20)11(8)13(18)17-5-6-21-7-10(15)16/h3-4,10H,5-7H2,1-2H3,(H,17,18)(H,19,20). The maximum absolute atomic E-state index is 12.1. The molecule has 0 bridgehead atoms. The molecular formula is C14H17F2NO4. The summed E-state index contributed by atoms with van der Waals surface area (Å²) >= 11 is 0. The Labute approximate surface area is 120 Å². The lowest BCUT2D eigenvalue weighted by molar-refractivity contribution is 0.0188. The van der Waals surface area contributed by atoms with Crippen LogP contribution in [-0.2, 0) is 4.74 Å². The van der Waals surface area contributed by atoms with Gasteiger partial charge in [-0.1, -0.05) is 12.1 Å². The first-order chi connectivity index (χ1) is 9.84. The predicted octanol–water partition coefficient (Wildman–Crippen LogP) is 2.01. The highest BCUT2D eigenvalue weighted by molar-refractivity contribution is 6.06. The summed E-state index contributed by atoms with van der Waals surface area (Å²) in [4.78, 5) is 23.3. The molecule has 2 N–H and O–H groups in total. The van der Waals surface area contributed by atoms with Gasteiger partial charge in [-0.05, 0) is 25.0 Å². The van der Waals surface area contributed by atoms with Crippen molar-refractivity contribution in [3.05, 3.63) is 34.4 Å². The summed E-state index contributed by atoms with van der Waals surface area (Å²) in [5, 5.41) is 11.7. The molecule has 0 saturated heterocycles. The van der Waals surface area contributed by atoms with Gasteiger partial charge in [0.1, 0.15) is 6.61 Å². The van der Waals surface area contributed by atoms with Crippen LogP contribution in [0, 0.1) is 13.8 Å². The Morgan fingerprint density at radius 3 is 2.33 bits per heavy atom. The molecule has 0 heterocycles. The summed E-state index contributed by atoms with van der Waals surface area (Å²) in [7, 11) is 0. The molecule has 7 heteroatoms. The van der Waals surface area contributed by atoms with E-state index in [2.05, 4.69) is 10.1 Å². The minimum Gasteiger partial charge on any atom is -0.478 e. The number of halogens is 2. The molecule has 0 aliphatic carbocycles. The number of ether oxygens (including phenoxy) is 1. The van der Waals surface area contributed by atoms with Crippen LogP contribution in [0.15, 0.2) is 12.1 Å². The van der Waals surface area contributed by atoms with Crippen LogP contribution in [0.1, 0.15) is 31.8 Å². The smallest absolute Gasteiger partial charge is 0.336 e. The van der Waals surface area contributed by atoms with Gasteiger partial charge in [-0.25, -0.2) is 13.6 Å². The first-order valence-electron chi connectivity index (χ1n) is 6.32. The Morgan fingerprint density at radius 2 is 1.81 bits per heavy atom. The highest BCUT2D eigenvalue weighted by Crippen LogP contribution is 2.18. The molecule has 0 aliphatic rings. The van der Waals surface area contributed by atoms with Gasteiger partial charge in [0.15, 0.2) is 0 Å². The van der Waals surface area contributed by atoms with E-state index in [1.165, 1.54) is 0 Å². The number of hydrogen-bond acceptors (Lipinski definition) is 3. The number of carbonyl (C=O) groups is 2. The molecule has 1 aromatic rings. The van der Waals surface area contributed by atoms with E-state index in [9.17, 15) is 23.5 Å². The average Bonchev–Trinajstić information content (AvgIpc) is 2.39. The maximum atomic E-state index is 12.1. The third-order valence-electron chi connectivity index (χ3n) is 2.84. The van der Waals surface area contributed by atoms with Crippen molar-refractivity contribution in [2.45, 2.75) is 20.3 Å². The summed E-state index contributed by atoms with van der Waals surface area (Å²) in [6.45, 7) is 2.50. The van der Waals surface area contributed by atoms with Gasteiger partial charge in [-0.3, -0.25) is 4.79 Å². The van der Waals surface area contributed by atoms with Gasteiger partial charge in [0.2, 0.25) is 0 Å². The second-order valence-electron chi connectivity index (χ2n) is 4.48. The molecule has 0 atom stereocenters. The highest BCUT2D eigenvalue weighted by Gasteiger charge is 2.20. The van der Waals surface area contributed by atoms with Crippen LogP contribution in [0.4, 0.5) is 8.78 Å². The number of aromatic carboxylic acids is 1. The van der Waals surface area contributed by atoms with E-state index in [0.717, 1.165) is 0 Å². The topological polar surface area (TPSA) is 75.6 Å². The van der Waals surface area contributed by atoms with Crippen molar-refractivity contribution in [3.63, 3.8) is 0 Å². The molecule has 1 rings (SSSR count). The molecule has 0 unspecified atom stereocenters. The number of carboxylic acids is 1. The van der Waals surface area contributed by atoms with Crippen molar-refractivity contribution in [2.75, 3.05) is 19.8 Å². The number of alkyl halides is 2. The number of benzene rings is 1. The van der Waals surface area contributed by atoms with Crippen LogP contribution in [0.5, 0.6) is 0 Å². The zero-order valence-corrected chi connectivity index (χ0v) is 11.8. The zero-order valence-electron chi connectivity index (χ0n) is 11.8. The molecule has 0 spiro atoms. The fourth-order valence-corrected chi connectivity index (χ4v) is 1.88. The lowest BCUT2D eigenvalue weighted by Gasteiger charge is -2.12. The fraction of sp³-hybridized carbons (Fsp3) is 0.429. The Bertz CT molecular complexity index is 532. The first kappa shape index (κ1) is 17.0. The van der Waals surface area contributed by atoms with Crippen LogP contribution in [0.3, 0.4) is 0 Å². The van der Waals surface area contributed by atoms with E-state index >= 15 is 0 Å². The van der Waals surface area contributed by atoms with Crippen LogP contribution in [-0.4, -0.2) is 43.2 Å². The third kappa shape index (κ3) is 4.78. The van der Waals surface area contributed by atoms with Crippen molar-refractivity contribution >= 4 is 11.9 Å². The SMILES string of the molecule is Cc1ccc(C)c(C(=O)NCCOCC(F)F)c1C(=O)O. The quantitative estimate of drug-likeness (QED) is 0.755. The summed E-state index contributed by atoms with van der Waals surface area (Å²) < 4.78 is 28.3. The second kappa shape index (κ2) is 7.68. The maximum Gasteiger partial charge on any atom is 0.336 e. The van der Waals surface area contributed by atoms with Crippen molar-refractivity contribution < 1.29 is 28.2 Å². The number of rotatable bonds is 7. The Balaban J connectivity index is 2.74. The number of aryl methyl sites for hydroxylation is 2. The monoisotopic (exact) mass is 301 g/mol. The molecule has 0 fully saturated rings. The molecule has 5 nitrogen and oxygen atoms in total. The van der Waals surface area contributed by atoms with E-state index in [1.54, 1.807) is 26.0 Å². The highest BCUT2D eigenvalue weighted by atomic mass is 19.3. The van der Waals surface area contributed by atoms with E-state index in [0.29, 0.717) is 11.1 Å². The fourth-order valence-electron chi connectivity index (χ4n) is 1.88. The van der Waals surface area contributed by atoms with Crippen LogP contribution < -0.4 is 5.32 Å². The van der Waals surface area contributed by atoms with Gasteiger partial charge in [0.25, 0.3) is 12.3 Å². The van der Waals surface area contributed by atoms with Crippen molar-refractivity contribution in [1.82, 2.24) is 5.32 Å². The van der Waals surface area contributed by atoms with Gasteiger partial charge in [-0.15, -0.1) is 0 Å². The minimum atomic E-state index is -2.56. The van der Waals surface area contributed by atoms with Crippen molar-refractivity contribution in [2.24, 2.45) is 0 Å². The Morgan fingerprint density at radius 1 is 1.24 bits per heavy atom. The van der Waals surface area contributed by atoms with Gasteiger partial charge < -0.3 is 15.2 Å². The lowest BCUT2D eigenvalue weighted by Crippen LogP contribution is -2.30. The molecule has 0 aliphatic heterocycles. The largest absolute Gasteiger partial charge is 0.478 e. The van der Waals surface area contributed by atoms with Gasteiger partial charge in [-0.2, -0.15) is 0 Å². The number of hydrogen-bond donors (Lipinski definition) is 2. The minimum absolute atomic E-state index is 0.0258. The Hall–Kier alpha value is -2.02. The predicted molar refractivity (Wildman–Crippen MR) is 72.0 cm³/mol. The average molecular weight is 301 g/mol. The molecule has 1 amide bonds. The summed E-state index contributed by atoms with van der Waals surface area (Å²) in [6.07, 6.45) is -2.56. The molecule has 0 aromatic heterocycles. The number of carboxylic acid groups (broad SMARTS) is 1. The molecule has 0 radical (unpaired) electrons. The molecular weight excluding hydrogens is 284 g/mol. The first-order valence-corrected chi connectivity index (χ1v) is 6.32. The zero-order chi connectivity index (χ0) is 16.0.